The second kappa shape index (κ2) is 4.56. The fraction of sp³-hybridized carbons (Fsp3) is 0.857. The van der Waals surface area contributed by atoms with E-state index in [1.807, 2.05) is 0 Å². The Morgan fingerprint density at radius 1 is 1.50 bits per heavy atom. The summed E-state index contributed by atoms with van der Waals surface area (Å²) >= 11 is 0. The lowest BCUT2D eigenvalue weighted by Gasteiger charge is -2.24. The Morgan fingerprint density at radius 3 is 2.57 bits per heavy atom. The number of aliphatic hydroxyl groups is 4. The van der Waals surface area contributed by atoms with Crippen LogP contribution in [-0.2, 0) is 4.74 Å². The van der Waals surface area contributed by atoms with E-state index in [1.54, 1.807) is 0 Å². The summed E-state index contributed by atoms with van der Waals surface area (Å²) < 4.78 is 4.48. The molecule has 14 heavy (non-hydrogen) atoms. The molecule has 7 heteroatoms. The average Bonchev–Trinajstić information content (AvgIpc) is 2.61. The number of nitrogens with one attached hydrogen (secondary N) is 1. The highest BCUT2D eigenvalue weighted by molar-refractivity contribution is 5.69. The Kier molecular flexibility index (Phi) is 3.64. The minimum atomic E-state index is -1.52. The van der Waals surface area contributed by atoms with Gasteiger partial charge in [-0.3, -0.25) is 0 Å². The van der Waals surface area contributed by atoms with Gasteiger partial charge in [0.2, 0.25) is 0 Å². The van der Waals surface area contributed by atoms with E-state index in [0.717, 1.165) is 0 Å². The lowest BCUT2D eigenvalue weighted by atomic mass is 10.0. The van der Waals surface area contributed by atoms with E-state index in [0.29, 0.717) is 0 Å². The second-order valence-electron chi connectivity index (χ2n) is 3.08. The van der Waals surface area contributed by atoms with Crippen LogP contribution in [0.5, 0.6) is 0 Å². The van der Waals surface area contributed by atoms with Gasteiger partial charge in [0, 0.05) is 0 Å². The van der Waals surface area contributed by atoms with Crippen LogP contribution in [-0.4, -0.2) is 64.1 Å². The zero-order valence-corrected chi connectivity index (χ0v) is 7.33. The van der Waals surface area contributed by atoms with Crippen molar-refractivity contribution in [1.29, 1.82) is 0 Å². The number of carbonyl (C=O) groups is 1. The highest BCUT2D eigenvalue weighted by atomic mass is 16.6. The van der Waals surface area contributed by atoms with Gasteiger partial charge in [-0.25, -0.2) is 4.79 Å². The third-order valence-corrected chi connectivity index (χ3v) is 2.04. The first-order valence-electron chi connectivity index (χ1n) is 4.14. The van der Waals surface area contributed by atoms with Gasteiger partial charge in [-0.1, -0.05) is 0 Å². The zero-order valence-electron chi connectivity index (χ0n) is 7.33. The molecule has 1 saturated heterocycles. The number of rotatable bonds is 4. The van der Waals surface area contributed by atoms with Crippen molar-refractivity contribution >= 4 is 6.09 Å². The Balaban J connectivity index is 2.47. The summed E-state index contributed by atoms with van der Waals surface area (Å²) in [5.74, 6) is 0. The van der Waals surface area contributed by atoms with Gasteiger partial charge in [0.05, 0.1) is 12.6 Å². The molecule has 0 radical (unpaired) electrons. The molecule has 0 bridgehead atoms. The Morgan fingerprint density at radius 2 is 2.14 bits per heavy atom. The maximum atomic E-state index is 10.6. The number of amides is 1. The number of aliphatic hydroxyl groups excluding tert-OH is 4. The number of hydrogen-bond donors (Lipinski definition) is 5. The second-order valence-corrected chi connectivity index (χ2v) is 3.08. The van der Waals surface area contributed by atoms with Crippen molar-refractivity contribution in [3.8, 4) is 0 Å². The van der Waals surface area contributed by atoms with Gasteiger partial charge in [0.25, 0.3) is 0 Å². The fourth-order valence-electron chi connectivity index (χ4n) is 1.16. The molecule has 0 aliphatic carbocycles. The van der Waals surface area contributed by atoms with Gasteiger partial charge >= 0.3 is 6.09 Å². The van der Waals surface area contributed by atoms with Crippen LogP contribution in [0.2, 0.25) is 0 Å². The summed E-state index contributed by atoms with van der Waals surface area (Å²) in [5, 5.41) is 38.5. The molecule has 0 aromatic rings. The quantitative estimate of drug-likeness (QED) is 0.339. The van der Waals surface area contributed by atoms with E-state index in [9.17, 15) is 15.0 Å². The third kappa shape index (κ3) is 2.32. The normalized spacial score (nSPS) is 27.7. The monoisotopic (exact) mass is 207 g/mol. The first-order chi connectivity index (χ1) is 6.56. The number of hydrogen-bond acceptors (Lipinski definition) is 6. The molecule has 1 fully saturated rings. The molecule has 4 atom stereocenters. The van der Waals surface area contributed by atoms with Crippen LogP contribution >= 0.6 is 0 Å². The maximum Gasteiger partial charge on any atom is 0.407 e. The summed E-state index contributed by atoms with van der Waals surface area (Å²) in [5.41, 5.74) is 0. The van der Waals surface area contributed by atoms with Crippen molar-refractivity contribution in [2.24, 2.45) is 0 Å². The molecule has 0 aromatic heterocycles. The first kappa shape index (κ1) is 11.2. The Hall–Kier alpha value is -0.890. The van der Waals surface area contributed by atoms with Crippen molar-refractivity contribution in [3.05, 3.63) is 0 Å². The summed E-state index contributed by atoms with van der Waals surface area (Å²) in [7, 11) is 0. The van der Waals surface area contributed by atoms with Crippen molar-refractivity contribution in [2.75, 3.05) is 13.2 Å². The van der Waals surface area contributed by atoms with Crippen LogP contribution in [0, 0.1) is 0 Å². The van der Waals surface area contributed by atoms with E-state index in [1.165, 1.54) is 0 Å². The summed E-state index contributed by atoms with van der Waals surface area (Å²) in [6, 6.07) is -0.765. The summed E-state index contributed by atoms with van der Waals surface area (Å²) in [6.45, 7) is -0.741. The molecular weight excluding hydrogens is 194 g/mol. The topological polar surface area (TPSA) is 119 Å². The highest BCUT2D eigenvalue weighted by Crippen LogP contribution is 2.09. The van der Waals surface area contributed by atoms with Gasteiger partial charge in [0.15, 0.2) is 0 Å². The number of cyclic esters (lactones) is 1. The molecule has 0 saturated carbocycles. The summed E-state index contributed by atoms with van der Waals surface area (Å²) in [4.78, 5) is 10.6. The Labute approximate surface area is 79.9 Å². The van der Waals surface area contributed by atoms with Crippen LogP contribution in [0.1, 0.15) is 0 Å². The third-order valence-electron chi connectivity index (χ3n) is 2.04. The van der Waals surface area contributed by atoms with Crippen LogP contribution in [0.15, 0.2) is 0 Å². The van der Waals surface area contributed by atoms with E-state index < -0.39 is 37.1 Å². The molecule has 0 unspecified atom stereocenters. The van der Waals surface area contributed by atoms with Crippen LogP contribution in [0.4, 0.5) is 4.79 Å². The predicted octanol–water partition coefficient (Wildman–Crippen LogP) is -2.83. The van der Waals surface area contributed by atoms with Crippen molar-refractivity contribution in [1.82, 2.24) is 5.32 Å². The molecule has 1 aliphatic heterocycles. The smallest absolute Gasteiger partial charge is 0.407 e. The molecule has 1 aliphatic rings. The van der Waals surface area contributed by atoms with E-state index in [4.69, 9.17) is 10.2 Å². The zero-order chi connectivity index (χ0) is 10.7. The first-order valence-corrected chi connectivity index (χ1v) is 4.14. The molecule has 82 valence electrons. The lowest BCUT2D eigenvalue weighted by molar-refractivity contribution is -0.0855. The van der Waals surface area contributed by atoms with Gasteiger partial charge in [-0.05, 0) is 0 Å². The van der Waals surface area contributed by atoms with Crippen LogP contribution < -0.4 is 5.32 Å². The van der Waals surface area contributed by atoms with Crippen LogP contribution in [0.3, 0.4) is 0 Å². The molecule has 1 heterocycles. The number of carbonyl (C=O) groups excluding carboxylic acids is 1. The minimum absolute atomic E-state index is 0.0742. The SMILES string of the molecule is O=C1N[C@H]([C@@H](O)[C@H](O)[C@H](O)CO)CO1. The molecule has 0 spiro atoms. The van der Waals surface area contributed by atoms with Crippen molar-refractivity contribution in [3.63, 3.8) is 0 Å². The van der Waals surface area contributed by atoms with E-state index >= 15 is 0 Å². The summed E-state index contributed by atoms with van der Waals surface area (Å²) in [6.07, 6.45) is -5.02. The van der Waals surface area contributed by atoms with Gasteiger partial charge in [-0.15, -0.1) is 0 Å². The molecule has 0 aromatic carbocycles. The van der Waals surface area contributed by atoms with Gasteiger partial charge in [0.1, 0.15) is 24.9 Å². The Bertz CT molecular complexity index is 210. The number of ether oxygens (including phenoxy) is 1. The van der Waals surface area contributed by atoms with Gasteiger partial charge < -0.3 is 30.5 Å². The molecule has 7 nitrogen and oxygen atoms in total. The molecule has 5 N–H and O–H groups in total. The average molecular weight is 207 g/mol. The van der Waals surface area contributed by atoms with E-state index in [-0.39, 0.29) is 6.61 Å². The van der Waals surface area contributed by atoms with E-state index in [2.05, 4.69) is 10.1 Å². The van der Waals surface area contributed by atoms with Gasteiger partial charge in [-0.2, -0.15) is 0 Å². The van der Waals surface area contributed by atoms with Crippen molar-refractivity contribution < 1.29 is 30.0 Å². The molecular formula is C7H13NO6. The fourth-order valence-corrected chi connectivity index (χ4v) is 1.16. The largest absolute Gasteiger partial charge is 0.447 e. The standard InChI is InChI=1S/C7H13NO6/c9-1-4(10)6(12)5(11)3-2-14-7(13)8-3/h3-6,9-12H,1-2H2,(H,8,13)/t3-,4+,5+,6+/m0/s1. The predicted molar refractivity (Wildman–Crippen MR) is 43.4 cm³/mol. The highest BCUT2D eigenvalue weighted by Gasteiger charge is 2.36. The lowest BCUT2D eigenvalue weighted by Crippen LogP contribution is -2.50. The van der Waals surface area contributed by atoms with Crippen LogP contribution in [0.25, 0.3) is 0 Å². The number of alkyl carbamates (subject to hydrolysis) is 1. The maximum absolute atomic E-state index is 10.6. The molecule has 1 rings (SSSR count). The minimum Gasteiger partial charge on any atom is -0.447 e. The van der Waals surface area contributed by atoms with Crippen molar-refractivity contribution in [2.45, 2.75) is 24.4 Å². The molecule has 1 amide bonds.